The molecule has 1 aromatic heterocycles. The molecule has 0 bridgehead atoms. The van der Waals surface area contributed by atoms with Crippen molar-refractivity contribution in [3.05, 3.63) is 35.7 Å². The lowest BCUT2D eigenvalue weighted by Gasteiger charge is -2.04. The number of benzene rings is 1. The monoisotopic (exact) mass is 246 g/mol. The zero-order valence-electron chi connectivity index (χ0n) is 10.1. The van der Waals surface area contributed by atoms with Gasteiger partial charge in [-0.15, -0.1) is 15.0 Å². The van der Waals surface area contributed by atoms with Gasteiger partial charge in [0.15, 0.2) is 5.82 Å². The highest BCUT2D eigenvalue weighted by Crippen LogP contribution is 2.12. The van der Waals surface area contributed by atoms with Crippen LogP contribution in [0.4, 0.5) is 0 Å². The summed E-state index contributed by atoms with van der Waals surface area (Å²) in [5.41, 5.74) is 2.01. The van der Waals surface area contributed by atoms with Crippen molar-refractivity contribution in [1.82, 2.24) is 20.2 Å². The fourth-order valence-electron chi connectivity index (χ4n) is 1.67. The summed E-state index contributed by atoms with van der Waals surface area (Å²) in [4.78, 5) is 11.9. The predicted molar refractivity (Wildman–Crippen MR) is 64.5 cm³/mol. The maximum Gasteiger partial charge on any atom is 0.303 e. The Morgan fingerprint density at radius 1 is 1.39 bits per heavy atom. The summed E-state index contributed by atoms with van der Waals surface area (Å²) in [6.07, 6.45) is 1.19. The van der Waals surface area contributed by atoms with E-state index in [1.165, 1.54) is 4.80 Å². The van der Waals surface area contributed by atoms with Crippen LogP contribution in [0.15, 0.2) is 24.3 Å². The molecule has 1 aromatic carbocycles. The number of carboxylic acids is 1. The van der Waals surface area contributed by atoms with Gasteiger partial charge in [-0.2, -0.15) is 0 Å². The first-order chi connectivity index (χ1) is 8.70. The summed E-state index contributed by atoms with van der Waals surface area (Å²) < 4.78 is 0. The fourth-order valence-corrected chi connectivity index (χ4v) is 1.67. The van der Waals surface area contributed by atoms with Gasteiger partial charge in [0, 0.05) is 6.42 Å². The van der Waals surface area contributed by atoms with E-state index in [2.05, 4.69) is 22.3 Å². The van der Waals surface area contributed by atoms with E-state index < -0.39 is 5.97 Å². The molecule has 0 saturated heterocycles. The Bertz CT molecular complexity index is 551. The van der Waals surface area contributed by atoms with E-state index in [-0.39, 0.29) is 6.42 Å². The Balaban J connectivity index is 2.21. The minimum absolute atomic E-state index is 0.0150. The first-order valence-electron chi connectivity index (χ1n) is 5.79. The zero-order valence-corrected chi connectivity index (χ0v) is 10.1. The molecule has 2 aromatic rings. The molecule has 0 fully saturated rings. The number of aromatic nitrogens is 4. The molecule has 2 rings (SSSR count). The summed E-state index contributed by atoms with van der Waals surface area (Å²) in [5.74, 6) is -0.413. The van der Waals surface area contributed by atoms with Crippen LogP contribution in [0.1, 0.15) is 24.7 Å². The third-order valence-corrected chi connectivity index (χ3v) is 2.61. The van der Waals surface area contributed by atoms with Crippen molar-refractivity contribution in [2.24, 2.45) is 0 Å². The minimum atomic E-state index is -0.861. The number of aryl methyl sites for hydroxylation is 2. The lowest BCUT2D eigenvalue weighted by molar-refractivity contribution is -0.137. The Morgan fingerprint density at radius 3 is 2.89 bits per heavy atom. The van der Waals surface area contributed by atoms with Crippen LogP contribution in [-0.2, 0) is 17.6 Å². The van der Waals surface area contributed by atoms with Gasteiger partial charge in [0.05, 0.1) is 12.1 Å². The van der Waals surface area contributed by atoms with Gasteiger partial charge in [-0.25, -0.2) is 0 Å². The van der Waals surface area contributed by atoms with Gasteiger partial charge < -0.3 is 5.11 Å². The molecular weight excluding hydrogens is 232 g/mol. The Morgan fingerprint density at radius 2 is 2.17 bits per heavy atom. The van der Waals surface area contributed by atoms with E-state index in [0.717, 1.165) is 17.7 Å². The number of para-hydroxylation sites is 1. The van der Waals surface area contributed by atoms with Crippen LogP contribution in [0.3, 0.4) is 0 Å². The predicted octanol–water partition coefficient (Wildman–Crippen LogP) is 1.24. The molecule has 0 saturated carbocycles. The molecule has 94 valence electrons. The van der Waals surface area contributed by atoms with Crippen molar-refractivity contribution in [3.8, 4) is 5.69 Å². The highest BCUT2D eigenvalue weighted by molar-refractivity contribution is 5.66. The highest BCUT2D eigenvalue weighted by atomic mass is 16.4. The van der Waals surface area contributed by atoms with Crippen molar-refractivity contribution in [3.63, 3.8) is 0 Å². The Labute approximate surface area is 104 Å². The van der Waals surface area contributed by atoms with E-state index in [1.807, 2.05) is 24.3 Å². The number of aliphatic carboxylic acids is 1. The van der Waals surface area contributed by atoms with Crippen LogP contribution in [-0.4, -0.2) is 31.3 Å². The number of tetrazole rings is 1. The van der Waals surface area contributed by atoms with Crippen molar-refractivity contribution < 1.29 is 9.90 Å². The molecule has 0 aliphatic rings. The summed E-state index contributed by atoms with van der Waals surface area (Å²) in [6, 6.07) is 7.80. The molecule has 0 spiro atoms. The van der Waals surface area contributed by atoms with E-state index in [0.29, 0.717) is 12.2 Å². The van der Waals surface area contributed by atoms with E-state index in [9.17, 15) is 4.79 Å². The molecule has 18 heavy (non-hydrogen) atoms. The third kappa shape index (κ3) is 2.71. The number of carboxylic acid groups (broad SMARTS) is 1. The minimum Gasteiger partial charge on any atom is -0.481 e. The SMILES string of the molecule is CCc1ccccc1-n1nnc(CCC(=O)O)n1. The van der Waals surface area contributed by atoms with Gasteiger partial charge in [0.25, 0.3) is 0 Å². The van der Waals surface area contributed by atoms with Gasteiger partial charge in [0.1, 0.15) is 0 Å². The van der Waals surface area contributed by atoms with Crippen molar-refractivity contribution in [1.29, 1.82) is 0 Å². The van der Waals surface area contributed by atoms with Crippen LogP contribution in [0.2, 0.25) is 0 Å². The smallest absolute Gasteiger partial charge is 0.303 e. The van der Waals surface area contributed by atoms with Gasteiger partial charge in [-0.05, 0) is 23.3 Å². The standard InChI is InChI=1S/C12H14N4O2/c1-2-9-5-3-4-6-10(9)16-14-11(13-15-16)7-8-12(17)18/h3-6H,2,7-8H2,1H3,(H,17,18). The second-order valence-electron chi connectivity index (χ2n) is 3.87. The lowest BCUT2D eigenvalue weighted by Crippen LogP contribution is -2.03. The normalized spacial score (nSPS) is 10.5. The van der Waals surface area contributed by atoms with Gasteiger partial charge >= 0.3 is 5.97 Å². The van der Waals surface area contributed by atoms with Crippen LogP contribution >= 0.6 is 0 Å². The topological polar surface area (TPSA) is 80.9 Å². The molecule has 0 amide bonds. The second-order valence-corrected chi connectivity index (χ2v) is 3.87. The fraction of sp³-hybridized carbons (Fsp3) is 0.333. The maximum absolute atomic E-state index is 10.5. The number of carbonyl (C=O) groups is 1. The molecule has 1 N–H and O–H groups in total. The Hall–Kier alpha value is -2.24. The van der Waals surface area contributed by atoms with Crippen LogP contribution in [0.5, 0.6) is 0 Å². The largest absolute Gasteiger partial charge is 0.481 e. The molecule has 0 aliphatic carbocycles. The van der Waals surface area contributed by atoms with Gasteiger partial charge in [-0.1, -0.05) is 25.1 Å². The van der Waals surface area contributed by atoms with E-state index in [1.54, 1.807) is 0 Å². The molecule has 1 heterocycles. The zero-order chi connectivity index (χ0) is 13.0. The molecule has 6 heteroatoms. The van der Waals surface area contributed by atoms with E-state index in [4.69, 9.17) is 5.11 Å². The average molecular weight is 246 g/mol. The highest BCUT2D eigenvalue weighted by Gasteiger charge is 2.09. The molecule has 0 unspecified atom stereocenters. The summed E-state index contributed by atoms with van der Waals surface area (Å²) in [5, 5.41) is 20.6. The van der Waals surface area contributed by atoms with Gasteiger partial charge in [-0.3, -0.25) is 4.79 Å². The summed E-state index contributed by atoms with van der Waals surface area (Å²) in [6.45, 7) is 2.06. The van der Waals surface area contributed by atoms with Crippen LogP contribution in [0, 0.1) is 0 Å². The van der Waals surface area contributed by atoms with Crippen molar-refractivity contribution in [2.75, 3.05) is 0 Å². The second kappa shape index (κ2) is 5.39. The lowest BCUT2D eigenvalue weighted by atomic mass is 10.1. The number of hydrogen-bond donors (Lipinski definition) is 1. The average Bonchev–Trinajstić information content (AvgIpc) is 2.85. The van der Waals surface area contributed by atoms with Crippen molar-refractivity contribution >= 4 is 5.97 Å². The van der Waals surface area contributed by atoms with Crippen LogP contribution < -0.4 is 0 Å². The van der Waals surface area contributed by atoms with Crippen molar-refractivity contribution in [2.45, 2.75) is 26.2 Å². The Kier molecular flexibility index (Phi) is 3.66. The number of hydrogen-bond acceptors (Lipinski definition) is 4. The maximum atomic E-state index is 10.5. The van der Waals surface area contributed by atoms with Gasteiger partial charge in [0.2, 0.25) is 0 Å². The molecular formula is C12H14N4O2. The first-order valence-corrected chi connectivity index (χ1v) is 5.79. The number of rotatable bonds is 5. The van der Waals surface area contributed by atoms with Crippen LogP contribution in [0.25, 0.3) is 5.69 Å². The molecule has 6 nitrogen and oxygen atoms in total. The first kappa shape index (κ1) is 12.2. The summed E-state index contributed by atoms with van der Waals surface area (Å²) in [7, 11) is 0. The molecule has 0 atom stereocenters. The summed E-state index contributed by atoms with van der Waals surface area (Å²) >= 11 is 0. The third-order valence-electron chi connectivity index (χ3n) is 2.61. The number of nitrogens with zero attached hydrogens (tertiary/aromatic N) is 4. The molecule has 0 radical (unpaired) electrons. The van der Waals surface area contributed by atoms with E-state index >= 15 is 0 Å². The molecule has 0 aliphatic heterocycles. The quantitative estimate of drug-likeness (QED) is 0.858.